The number of hydrogen-bond donors (Lipinski definition) is 0. The molecule has 2 aliphatic heterocycles. The molecule has 214 valence electrons. The molecular formula is C35H35FN4O2. The van der Waals surface area contributed by atoms with Crippen LogP contribution in [0.5, 0.6) is 0 Å². The molecule has 6 rings (SSSR count). The molecule has 0 spiro atoms. The van der Waals surface area contributed by atoms with Gasteiger partial charge in [0.1, 0.15) is 5.82 Å². The van der Waals surface area contributed by atoms with Crippen molar-refractivity contribution in [3.63, 3.8) is 0 Å². The second kappa shape index (κ2) is 12.8. The van der Waals surface area contributed by atoms with Crippen LogP contribution in [0.2, 0.25) is 0 Å². The number of carbonyl (C=O) groups is 2. The van der Waals surface area contributed by atoms with Crippen molar-refractivity contribution in [3.05, 3.63) is 119 Å². The molecule has 0 unspecified atom stereocenters. The van der Waals surface area contributed by atoms with E-state index >= 15 is 0 Å². The van der Waals surface area contributed by atoms with Crippen LogP contribution in [0.25, 0.3) is 11.3 Å². The SMILES string of the molecule is O=C(CCCN1CCN(Cc2ccccc2)CC1)c1ccc2c(c1)N(Cc1cccc(F)c1)C(=O)Cc1cccnc1-2. The average molecular weight is 563 g/mol. The quantitative estimate of drug-likeness (QED) is 0.243. The van der Waals surface area contributed by atoms with Gasteiger partial charge < -0.3 is 9.80 Å². The third-order valence-electron chi connectivity index (χ3n) is 8.22. The molecule has 1 amide bonds. The number of rotatable bonds is 9. The zero-order valence-corrected chi connectivity index (χ0v) is 23.7. The second-order valence-electron chi connectivity index (χ2n) is 11.2. The van der Waals surface area contributed by atoms with Crippen LogP contribution in [0, 0.1) is 5.82 Å². The highest BCUT2D eigenvalue weighted by Gasteiger charge is 2.28. The van der Waals surface area contributed by atoms with Gasteiger partial charge in [0, 0.05) is 56.5 Å². The van der Waals surface area contributed by atoms with Crippen LogP contribution >= 0.6 is 0 Å². The van der Waals surface area contributed by atoms with Crippen LogP contribution in [-0.4, -0.2) is 59.2 Å². The predicted molar refractivity (Wildman–Crippen MR) is 163 cm³/mol. The number of piperazine rings is 1. The lowest BCUT2D eigenvalue weighted by Crippen LogP contribution is -2.46. The van der Waals surface area contributed by atoms with Crippen molar-refractivity contribution < 1.29 is 14.0 Å². The fraction of sp³-hybridized carbons (Fsp3) is 0.286. The molecule has 42 heavy (non-hydrogen) atoms. The van der Waals surface area contributed by atoms with Crippen molar-refractivity contribution in [2.75, 3.05) is 37.6 Å². The first-order valence-corrected chi connectivity index (χ1v) is 14.7. The van der Waals surface area contributed by atoms with E-state index in [9.17, 15) is 14.0 Å². The summed E-state index contributed by atoms with van der Waals surface area (Å²) in [5.41, 5.74) is 5.64. The maximum Gasteiger partial charge on any atom is 0.231 e. The number of ketones is 1. The molecule has 2 aliphatic rings. The third-order valence-corrected chi connectivity index (χ3v) is 8.22. The Morgan fingerprint density at radius 2 is 1.60 bits per heavy atom. The van der Waals surface area contributed by atoms with Crippen LogP contribution in [0.1, 0.15) is 39.9 Å². The summed E-state index contributed by atoms with van der Waals surface area (Å²) in [4.78, 5) is 38.0. The van der Waals surface area contributed by atoms with Crippen molar-refractivity contribution in [1.29, 1.82) is 0 Å². The molecule has 0 atom stereocenters. The molecular weight excluding hydrogens is 527 g/mol. The largest absolute Gasteiger partial charge is 0.307 e. The van der Waals surface area contributed by atoms with Crippen LogP contribution < -0.4 is 4.90 Å². The summed E-state index contributed by atoms with van der Waals surface area (Å²) < 4.78 is 14.0. The van der Waals surface area contributed by atoms with Gasteiger partial charge in [-0.3, -0.25) is 19.5 Å². The Morgan fingerprint density at radius 1 is 0.810 bits per heavy atom. The first-order chi connectivity index (χ1) is 20.5. The molecule has 0 N–H and O–H groups in total. The molecule has 7 heteroatoms. The zero-order chi connectivity index (χ0) is 28.9. The normalized spacial score (nSPS) is 15.6. The standard InChI is InChI=1S/C35H35FN4O2/c36-30-11-4-9-27(21-30)25-40-32-22-28(13-14-31(32)35-29(23-34(40)42)10-5-15-37-35)33(41)12-6-16-38-17-19-39(20-18-38)24-26-7-2-1-3-8-26/h1-5,7-11,13-15,21-22H,6,12,16-20,23-25H2. The number of benzene rings is 3. The highest BCUT2D eigenvalue weighted by Crippen LogP contribution is 2.37. The molecule has 6 nitrogen and oxygen atoms in total. The summed E-state index contributed by atoms with van der Waals surface area (Å²) in [5.74, 6) is -0.395. The van der Waals surface area contributed by atoms with Crippen LogP contribution in [0.4, 0.5) is 10.1 Å². The maximum atomic E-state index is 14.0. The average Bonchev–Trinajstić information content (AvgIpc) is 3.12. The molecule has 0 aliphatic carbocycles. The first kappa shape index (κ1) is 27.9. The Morgan fingerprint density at radius 3 is 2.40 bits per heavy atom. The molecule has 1 aromatic heterocycles. The summed E-state index contributed by atoms with van der Waals surface area (Å²) >= 11 is 0. The molecule has 1 saturated heterocycles. The highest BCUT2D eigenvalue weighted by molar-refractivity contribution is 6.05. The maximum absolute atomic E-state index is 14.0. The molecule has 0 saturated carbocycles. The van der Waals surface area contributed by atoms with E-state index in [4.69, 9.17) is 0 Å². The number of carbonyl (C=O) groups excluding carboxylic acids is 2. The van der Waals surface area contributed by atoms with Gasteiger partial charge in [0.15, 0.2) is 5.78 Å². The minimum atomic E-state index is -0.346. The Kier molecular flexibility index (Phi) is 8.49. The zero-order valence-electron chi connectivity index (χ0n) is 23.7. The smallest absolute Gasteiger partial charge is 0.231 e. The van der Waals surface area contributed by atoms with E-state index in [1.807, 2.05) is 42.5 Å². The summed E-state index contributed by atoms with van der Waals surface area (Å²) in [7, 11) is 0. The van der Waals surface area contributed by atoms with Crippen molar-refractivity contribution in [1.82, 2.24) is 14.8 Å². The summed E-state index contributed by atoms with van der Waals surface area (Å²) in [6.07, 6.45) is 3.13. The fourth-order valence-electron chi connectivity index (χ4n) is 5.96. The second-order valence-corrected chi connectivity index (χ2v) is 11.2. The van der Waals surface area contributed by atoms with Gasteiger partial charge in [-0.1, -0.05) is 54.6 Å². The molecule has 3 heterocycles. The lowest BCUT2D eigenvalue weighted by molar-refractivity contribution is -0.118. The number of Topliss-reactive ketones (excluding diaryl/α,β-unsaturated/α-hetero) is 1. The van der Waals surface area contributed by atoms with Crippen LogP contribution in [0.15, 0.2) is 91.1 Å². The summed E-state index contributed by atoms with van der Waals surface area (Å²) in [6.45, 7) is 6.14. The highest BCUT2D eigenvalue weighted by atomic mass is 19.1. The lowest BCUT2D eigenvalue weighted by Gasteiger charge is -2.34. The lowest BCUT2D eigenvalue weighted by atomic mass is 9.99. The van der Waals surface area contributed by atoms with Crippen LogP contribution in [0.3, 0.4) is 0 Å². The minimum absolute atomic E-state index is 0.0594. The van der Waals surface area contributed by atoms with E-state index in [2.05, 4.69) is 39.0 Å². The third kappa shape index (κ3) is 6.48. The molecule has 1 fully saturated rings. The van der Waals surface area contributed by atoms with Gasteiger partial charge in [-0.2, -0.15) is 0 Å². The van der Waals surface area contributed by atoms with E-state index in [1.165, 1.54) is 17.7 Å². The first-order valence-electron chi connectivity index (χ1n) is 14.7. The van der Waals surface area contributed by atoms with Gasteiger partial charge >= 0.3 is 0 Å². The molecule has 0 radical (unpaired) electrons. The van der Waals surface area contributed by atoms with Gasteiger partial charge in [0.2, 0.25) is 5.91 Å². The Bertz CT molecular complexity index is 1570. The van der Waals surface area contributed by atoms with Crippen molar-refractivity contribution >= 4 is 17.4 Å². The predicted octanol–water partition coefficient (Wildman–Crippen LogP) is 5.76. The number of pyridine rings is 1. The molecule has 0 bridgehead atoms. The van der Waals surface area contributed by atoms with Gasteiger partial charge in [0.25, 0.3) is 0 Å². The van der Waals surface area contributed by atoms with E-state index in [0.29, 0.717) is 23.2 Å². The number of amides is 1. The van der Waals surface area contributed by atoms with E-state index in [1.54, 1.807) is 17.2 Å². The van der Waals surface area contributed by atoms with Crippen molar-refractivity contribution in [2.45, 2.75) is 32.4 Å². The monoisotopic (exact) mass is 562 g/mol. The molecule has 4 aromatic rings. The van der Waals surface area contributed by atoms with Crippen molar-refractivity contribution in [2.24, 2.45) is 0 Å². The van der Waals surface area contributed by atoms with E-state index in [0.717, 1.165) is 62.5 Å². The number of hydrogen-bond acceptors (Lipinski definition) is 5. The van der Waals surface area contributed by atoms with Crippen LogP contribution in [-0.2, 0) is 24.3 Å². The Balaban J connectivity index is 1.13. The number of nitrogens with zero attached hydrogens (tertiary/aromatic N) is 4. The Labute approximate surface area is 246 Å². The van der Waals surface area contributed by atoms with E-state index in [-0.39, 0.29) is 30.5 Å². The summed E-state index contributed by atoms with van der Waals surface area (Å²) in [6, 6.07) is 26.2. The fourth-order valence-corrected chi connectivity index (χ4v) is 5.96. The number of fused-ring (bicyclic) bond motifs is 3. The van der Waals surface area contributed by atoms with E-state index < -0.39 is 0 Å². The summed E-state index contributed by atoms with van der Waals surface area (Å²) in [5, 5.41) is 0. The van der Waals surface area contributed by atoms with Gasteiger partial charge in [-0.15, -0.1) is 0 Å². The Hall–Kier alpha value is -4.20. The molecule has 3 aromatic carbocycles. The van der Waals surface area contributed by atoms with Crippen molar-refractivity contribution in [3.8, 4) is 11.3 Å². The minimum Gasteiger partial charge on any atom is -0.307 e. The number of halogens is 1. The van der Waals surface area contributed by atoms with Gasteiger partial charge in [0.05, 0.1) is 24.3 Å². The number of aromatic nitrogens is 1. The number of anilines is 1. The van der Waals surface area contributed by atoms with Gasteiger partial charge in [-0.25, -0.2) is 4.39 Å². The topological polar surface area (TPSA) is 56.8 Å². The van der Waals surface area contributed by atoms with Gasteiger partial charge in [-0.05, 0) is 60.0 Å².